The zero-order valence-corrected chi connectivity index (χ0v) is 11.5. The summed E-state index contributed by atoms with van der Waals surface area (Å²) in [5.74, 6) is -0.735. The fraction of sp³-hybridized carbons (Fsp3) is 0.250. The molecule has 2 nitrogen and oxygen atoms in total. The zero-order chi connectivity index (χ0) is 14.7. The Morgan fingerprint density at radius 2 is 1.80 bits per heavy atom. The molecule has 106 valence electrons. The molecular formula is C16H17F2NO. The fourth-order valence-electron chi connectivity index (χ4n) is 2.24. The van der Waals surface area contributed by atoms with Crippen LogP contribution in [0.1, 0.15) is 25.5 Å². The SMILES string of the molecule is CCN(c1cccc(F)c1)c1ccc(F)cc1[C@H](C)O. The van der Waals surface area contributed by atoms with Crippen molar-refractivity contribution in [3.63, 3.8) is 0 Å². The molecule has 2 aromatic rings. The third-order valence-corrected chi connectivity index (χ3v) is 3.17. The summed E-state index contributed by atoms with van der Waals surface area (Å²) < 4.78 is 26.7. The first-order valence-corrected chi connectivity index (χ1v) is 6.53. The summed E-state index contributed by atoms with van der Waals surface area (Å²) in [6.07, 6.45) is -0.802. The molecule has 0 bridgehead atoms. The van der Waals surface area contributed by atoms with Crippen molar-refractivity contribution in [2.45, 2.75) is 20.0 Å². The van der Waals surface area contributed by atoms with E-state index < -0.39 is 11.9 Å². The number of nitrogens with zero attached hydrogens (tertiary/aromatic N) is 1. The summed E-state index contributed by atoms with van der Waals surface area (Å²) in [6, 6.07) is 10.4. The van der Waals surface area contributed by atoms with E-state index in [1.807, 2.05) is 11.8 Å². The lowest BCUT2D eigenvalue weighted by molar-refractivity contribution is 0.199. The van der Waals surface area contributed by atoms with Crippen LogP contribution in [0.4, 0.5) is 20.2 Å². The van der Waals surface area contributed by atoms with E-state index in [1.54, 1.807) is 25.1 Å². The largest absolute Gasteiger partial charge is 0.389 e. The van der Waals surface area contributed by atoms with Crippen LogP contribution in [0.15, 0.2) is 42.5 Å². The monoisotopic (exact) mass is 277 g/mol. The highest BCUT2D eigenvalue weighted by molar-refractivity contribution is 5.66. The first-order valence-electron chi connectivity index (χ1n) is 6.53. The Morgan fingerprint density at radius 1 is 1.10 bits per heavy atom. The van der Waals surface area contributed by atoms with Gasteiger partial charge >= 0.3 is 0 Å². The van der Waals surface area contributed by atoms with Gasteiger partial charge in [-0.05, 0) is 50.2 Å². The van der Waals surface area contributed by atoms with Crippen molar-refractivity contribution in [1.82, 2.24) is 0 Å². The topological polar surface area (TPSA) is 23.5 Å². The Labute approximate surface area is 117 Å². The molecule has 0 aliphatic carbocycles. The van der Waals surface area contributed by atoms with Crippen molar-refractivity contribution in [1.29, 1.82) is 0 Å². The van der Waals surface area contributed by atoms with Gasteiger partial charge in [-0.3, -0.25) is 0 Å². The molecule has 0 saturated carbocycles. The molecule has 2 aromatic carbocycles. The van der Waals surface area contributed by atoms with Crippen LogP contribution >= 0.6 is 0 Å². The van der Waals surface area contributed by atoms with Crippen LogP contribution in [0.25, 0.3) is 0 Å². The molecule has 20 heavy (non-hydrogen) atoms. The maximum atomic E-state index is 13.4. The summed E-state index contributed by atoms with van der Waals surface area (Å²) >= 11 is 0. The van der Waals surface area contributed by atoms with E-state index in [4.69, 9.17) is 0 Å². The van der Waals surface area contributed by atoms with Gasteiger partial charge in [-0.25, -0.2) is 8.78 Å². The third-order valence-electron chi connectivity index (χ3n) is 3.17. The Balaban J connectivity index is 2.52. The molecule has 0 unspecified atom stereocenters. The number of aliphatic hydroxyl groups is 1. The highest BCUT2D eigenvalue weighted by atomic mass is 19.1. The predicted octanol–water partition coefficient (Wildman–Crippen LogP) is 4.18. The van der Waals surface area contributed by atoms with Gasteiger partial charge in [0.05, 0.1) is 6.10 Å². The average Bonchev–Trinajstić information content (AvgIpc) is 2.41. The van der Waals surface area contributed by atoms with Gasteiger partial charge in [0.1, 0.15) is 11.6 Å². The quantitative estimate of drug-likeness (QED) is 0.906. The molecule has 0 heterocycles. The van der Waals surface area contributed by atoms with Gasteiger partial charge in [-0.1, -0.05) is 6.07 Å². The van der Waals surface area contributed by atoms with Gasteiger partial charge in [0, 0.05) is 23.5 Å². The number of rotatable bonds is 4. The van der Waals surface area contributed by atoms with E-state index in [9.17, 15) is 13.9 Å². The van der Waals surface area contributed by atoms with E-state index >= 15 is 0 Å². The summed E-state index contributed by atoms with van der Waals surface area (Å²) in [4.78, 5) is 1.84. The molecule has 0 amide bonds. The van der Waals surface area contributed by atoms with E-state index in [0.717, 1.165) is 0 Å². The maximum absolute atomic E-state index is 13.4. The summed E-state index contributed by atoms with van der Waals surface area (Å²) in [7, 11) is 0. The average molecular weight is 277 g/mol. The number of hydrogen-bond acceptors (Lipinski definition) is 2. The van der Waals surface area contributed by atoms with Gasteiger partial charge < -0.3 is 10.0 Å². The second-order valence-electron chi connectivity index (χ2n) is 4.60. The van der Waals surface area contributed by atoms with Gasteiger partial charge in [-0.2, -0.15) is 0 Å². The van der Waals surface area contributed by atoms with Gasteiger partial charge in [0.2, 0.25) is 0 Å². The van der Waals surface area contributed by atoms with Crippen molar-refractivity contribution in [2.75, 3.05) is 11.4 Å². The summed E-state index contributed by atoms with van der Waals surface area (Å²) in [5, 5.41) is 9.81. The minimum atomic E-state index is -0.802. The lowest BCUT2D eigenvalue weighted by Crippen LogP contribution is -2.18. The van der Waals surface area contributed by atoms with Crippen molar-refractivity contribution in [3.05, 3.63) is 59.7 Å². The second-order valence-corrected chi connectivity index (χ2v) is 4.60. The first-order chi connectivity index (χ1) is 9.52. The highest BCUT2D eigenvalue weighted by Gasteiger charge is 2.16. The van der Waals surface area contributed by atoms with E-state index in [0.29, 0.717) is 23.5 Å². The van der Waals surface area contributed by atoms with E-state index in [-0.39, 0.29) is 5.82 Å². The lowest BCUT2D eigenvalue weighted by atomic mass is 10.1. The van der Waals surface area contributed by atoms with Gasteiger partial charge in [0.25, 0.3) is 0 Å². The van der Waals surface area contributed by atoms with Crippen LogP contribution in [-0.2, 0) is 0 Å². The Morgan fingerprint density at radius 3 is 2.40 bits per heavy atom. The Kier molecular flexibility index (Phi) is 4.35. The molecule has 0 aliphatic heterocycles. The van der Waals surface area contributed by atoms with Crippen LogP contribution in [0.2, 0.25) is 0 Å². The van der Waals surface area contributed by atoms with Gasteiger partial charge in [-0.15, -0.1) is 0 Å². The maximum Gasteiger partial charge on any atom is 0.125 e. The minimum Gasteiger partial charge on any atom is -0.389 e. The molecule has 0 spiro atoms. The van der Waals surface area contributed by atoms with E-state index in [1.165, 1.54) is 24.3 Å². The smallest absolute Gasteiger partial charge is 0.125 e. The number of halogens is 2. The zero-order valence-electron chi connectivity index (χ0n) is 11.5. The fourth-order valence-corrected chi connectivity index (χ4v) is 2.24. The van der Waals surface area contributed by atoms with Gasteiger partial charge in [0.15, 0.2) is 0 Å². The van der Waals surface area contributed by atoms with Crippen molar-refractivity contribution in [2.24, 2.45) is 0 Å². The molecule has 0 saturated heterocycles. The highest BCUT2D eigenvalue weighted by Crippen LogP contribution is 2.32. The molecule has 0 radical (unpaired) electrons. The predicted molar refractivity (Wildman–Crippen MR) is 76.1 cm³/mol. The molecule has 2 rings (SSSR count). The van der Waals surface area contributed by atoms with Crippen molar-refractivity contribution in [3.8, 4) is 0 Å². The number of anilines is 2. The summed E-state index contributed by atoms with van der Waals surface area (Å²) in [6.45, 7) is 4.08. The Bertz CT molecular complexity index is 599. The molecule has 0 aliphatic rings. The van der Waals surface area contributed by atoms with Crippen molar-refractivity contribution >= 4 is 11.4 Å². The normalized spacial score (nSPS) is 12.2. The molecule has 1 N–H and O–H groups in total. The number of hydrogen-bond donors (Lipinski definition) is 1. The molecule has 4 heteroatoms. The molecule has 0 fully saturated rings. The van der Waals surface area contributed by atoms with E-state index in [2.05, 4.69) is 0 Å². The second kappa shape index (κ2) is 6.01. The minimum absolute atomic E-state index is 0.332. The first kappa shape index (κ1) is 14.5. The Hall–Kier alpha value is -1.94. The standard InChI is InChI=1S/C16H17F2NO/c1-3-19(14-6-4-5-12(17)9-14)16-8-7-13(18)10-15(16)11(2)20/h4-11,20H,3H2,1-2H3/t11-/m0/s1. The van der Waals surface area contributed by atoms with Crippen LogP contribution in [0, 0.1) is 11.6 Å². The number of benzene rings is 2. The van der Waals surface area contributed by atoms with Crippen LogP contribution in [0.3, 0.4) is 0 Å². The molecule has 1 atom stereocenters. The molecular weight excluding hydrogens is 260 g/mol. The van der Waals surface area contributed by atoms with Crippen LogP contribution in [0.5, 0.6) is 0 Å². The molecule has 0 aromatic heterocycles. The third kappa shape index (κ3) is 2.96. The van der Waals surface area contributed by atoms with Crippen molar-refractivity contribution < 1.29 is 13.9 Å². The lowest BCUT2D eigenvalue weighted by Gasteiger charge is -2.27. The van der Waals surface area contributed by atoms with Crippen LogP contribution in [-0.4, -0.2) is 11.7 Å². The number of aliphatic hydroxyl groups excluding tert-OH is 1. The van der Waals surface area contributed by atoms with Crippen LogP contribution < -0.4 is 4.90 Å². The summed E-state index contributed by atoms with van der Waals surface area (Å²) in [5.41, 5.74) is 1.83.